The first-order chi connectivity index (χ1) is 11.6. The van der Waals surface area contributed by atoms with Crippen LogP contribution in [0.15, 0.2) is 47.1 Å². The van der Waals surface area contributed by atoms with E-state index in [0.717, 1.165) is 47.7 Å². The third-order valence-corrected chi connectivity index (χ3v) is 5.02. The Balaban J connectivity index is 1.49. The number of carbonyl (C=O) groups is 1. The zero-order valence-electron chi connectivity index (χ0n) is 13.7. The maximum absolute atomic E-state index is 12.2. The summed E-state index contributed by atoms with van der Waals surface area (Å²) < 4.78 is 1.00. The maximum atomic E-state index is 12.2. The Hall–Kier alpha value is -1.92. The molecule has 0 spiro atoms. The third kappa shape index (κ3) is 4.33. The topological polar surface area (TPSA) is 48.5 Å². The van der Waals surface area contributed by atoms with Crippen LogP contribution in [0.3, 0.4) is 0 Å². The molecule has 24 heavy (non-hydrogen) atoms. The molecule has 3 rings (SSSR count). The van der Waals surface area contributed by atoms with Crippen molar-refractivity contribution in [3.8, 4) is 0 Å². The summed E-state index contributed by atoms with van der Waals surface area (Å²) in [5.41, 5.74) is 1.98. The molecular formula is C18H21BrN4O. The number of nitrogens with zero attached hydrogens (tertiary/aromatic N) is 3. The van der Waals surface area contributed by atoms with E-state index in [1.165, 1.54) is 0 Å². The van der Waals surface area contributed by atoms with Gasteiger partial charge >= 0.3 is 0 Å². The lowest BCUT2D eigenvalue weighted by molar-refractivity contribution is -0.117. The van der Waals surface area contributed by atoms with Crippen LogP contribution in [0, 0.1) is 6.92 Å². The molecular weight excluding hydrogens is 368 g/mol. The quantitative estimate of drug-likeness (QED) is 0.874. The molecule has 1 fully saturated rings. The van der Waals surface area contributed by atoms with Crippen LogP contribution >= 0.6 is 15.9 Å². The van der Waals surface area contributed by atoms with Gasteiger partial charge in [0.2, 0.25) is 5.91 Å². The Bertz CT molecular complexity index is 699. The first kappa shape index (κ1) is 16.9. The number of anilines is 2. The molecule has 0 radical (unpaired) electrons. The summed E-state index contributed by atoms with van der Waals surface area (Å²) in [6.45, 7) is 5.95. The number of nitrogens with one attached hydrogen (secondary N) is 1. The number of pyridine rings is 1. The number of benzene rings is 1. The standard InChI is InChI=1S/C18H21BrN4O/c1-14-5-6-15(12-16(14)19)21-18(24)13-22-8-10-23(11-9-22)17-4-2-3-7-20-17/h2-7,12H,8-11,13H2,1H3,(H,21,24). The summed E-state index contributed by atoms with van der Waals surface area (Å²) in [5.74, 6) is 1.03. The third-order valence-electron chi connectivity index (χ3n) is 4.17. The smallest absolute Gasteiger partial charge is 0.238 e. The van der Waals surface area contributed by atoms with Gasteiger partial charge in [-0.1, -0.05) is 28.1 Å². The molecule has 1 aliphatic heterocycles. The summed E-state index contributed by atoms with van der Waals surface area (Å²) in [6.07, 6.45) is 1.81. The van der Waals surface area contributed by atoms with E-state index in [0.29, 0.717) is 6.54 Å². The number of aromatic nitrogens is 1. The van der Waals surface area contributed by atoms with Gasteiger partial charge in [0.25, 0.3) is 0 Å². The van der Waals surface area contributed by atoms with Gasteiger partial charge in [0.05, 0.1) is 6.54 Å². The van der Waals surface area contributed by atoms with Gasteiger partial charge in [-0.05, 0) is 36.8 Å². The fourth-order valence-corrected chi connectivity index (χ4v) is 3.13. The molecule has 1 saturated heterocycles. The van der Waals surface area contributed by atoms with Crippen molar-refractivity contribution in [1.29, 1.82) is 0 Å². The number of hydrogen-bond donors (Lipinski definition) is 1. The van der Waals surface area contributed by atoms with Crippen LogP contribution in [-0.2, 0) is 4.79 Å². The first-order valence-corrected chi connectivity index (χ1v) is 8.85. The average Bonchev–Trinajstić information content (AvgIpc) is 2.59. The highest BCUT2D eigenvalue weighted by atomic mass is 79.9. The Morgan fingerprint density at radius 1 is 1.21 bits per heavy atom. The second-order valence-corrected chi connectivity index (χ2v) is 6.82. The number of aryl methyl sites for hydroxylation is 1. The van der Waals surface area contributed by atoms with E-state index >= 15 is 0 Å². The number of hydrogen-bond acceptors (Lipinski definition) is 4. The molecule has 1 N–H and O–H groups in total. The zero-order chi connectivity index (χ0) is 16.9. The van der Waals surface area contributed by atoms with E-state index in [1.54, 1.807) is 0 Å². The lowest BCUT2D eigenvalue weighted by Gasteiger charge is -2.34. The van der Waals surface area contributed by atoms with E-state index < -0.39 is 0 Å². The lowest BCUT2D eigenvalue weighted by Crippen LogP contribution is -2.48. The van der Waals surface area contributed by atoms with Crippen molar-refractivity contribution >= 4 is 33.3 Å². The molecule has 6 heteroatoms. The van der Waals surface area contributed by atoms with Gasteiger partial charge in [0.1, 0.15) is 5.82 Å². The van der Waals surface area contributed by atoms with Crippen LogP contribution in [0.4, 0.5) is 11.5 Å². The molecule has 2 heterocycles. The predicted octanol–water partition coefficient (Wildman–Crippen LogP) is 2.91. The van der Waals surface area contributed by atoms with E-state index in [1.807, 2.05) is 49.5 Å². The van der Waals surface area contributed by atoms with E-state index in [9.17, 15) is 4.79 Å². The van der Waals surface area contributed by atoms with Crippen molar-refractivity contribution in [1.82, 2.24) is 9.88 Å². The average molecular weight is 389 g/mol. The van der Waals surface area contributed by atoms with Gasteiger partial charge in [0.15, 0.2) is 0 Å². The van der Waals surface area contributed by atoms with Crippen LogP contribution in [-0.4, -0.2) is 48.5 Å². The zero-order valence-corrected chi connectivity index (χ0v) is 15.3. The molecule has 1 amide bonds. The van der Waals surface area contributed by atoms with Crippen molar-refractivity contribution in [3.05, 3.63) is 52.6 Å². The van der Waals surface area contributed by atoms with Crippen molar-refractivity contribution in [2.24, 2.45) is 0 Å². The number of carbonyl (C=O) groups excluding carboxylic acids is 1. The Morgan fingerprint density at radius 2 is 2.00 bits per heavy atom. The monoisotopic (exact) mass is 388 g/mol. The van der Waals surface area contributed by atoms with Crippen molar-refractivity contribution in [3.63, 3.8) is 0 Å². The van der Waals surface area contributed by atoms with E-state index in [-0.39, 0.29) is 5.91 Å². The molecule has 126 valence electrons. The summed E-state index contributed by atoms with van der Waals surface area (Å²) in [7, 11) is 0. The van der Waals surface area contributed by atoms with Gasteiger partial charge < -0.3 is 10.2 Å². The summed E-state index contributed by atoms with van der Waals surface area (Å²) in [5, 5.41) is 2.96. The normalized spacial score (nSPS) is 15.3. The molecule has 0 saturated carbocycles. The molecule has 1 aliphatic rings. The van der Waals surface area contributed by atoms with Crippen molar-refractivity contribution < 1.29 is 4.79 Å². The van der Waals surface area contributed by atoms with Gasteiger partial charge in [-0.3, -0.25) is 9.69 Å². The summed E-state index contributed by atoms with van der Waals surface area (Å²) in [4.78, 5) is 21.1. The minimum atomic E-state index is 0.0250. The van der Waals surface area contributed by atoms with E-state index in [4.69, 9.17) is 0 Å². The summed E-state index contributed by atoms with van der Waals surface area (Å²) >= 11 is 3.49. The highest BCUT2D eigenvalue weighted by Crippen LogP contribution is 2.20. The van der Waals surface area contributed by atoms with Gasteiger partial charge in [-0.15, -0.1) is 0 Å². The highest BCUT2D eigenvalue weighted by molar-refractivity contribution is 9.10. The second kappa shape index (κ2) is 7.77. The molecule has 0 unspecified atom stereocenters. The number of piperazine rings is 1. The summed E-state index contributed by atoms with van der Waals surface area (Å²) in [6, 6.07) is 11.8. The lowest BCUT2D eigenvalue weighted by atomic mass is 10.2. The molecule has 1 aromatic heterocycles. The van der Waals surface area contributed by atoms with E-state index in [2.05, 4.69) is 36.0 Å². The first-order valence-electron chi connectivity index (χ1n) is 8.06. The fourth-order valence-electron chi connectivity index (χ4n) is 2.75. The van der Waals surface area contributed by atoms with Gasteiger partial charge in [0, 0.05) is 42.5 Å². The Morgan fingerprint density at radius 3 is 2.67 bits per heavy atom. The minimum Gasteiger partial charge on any atom is -0.354 e. The molecule has 5 nitrogen and oxygen atoms in total. The molecule has 0 bridgehead atoms. The van der Waals surface area contributed by atoms with Gasteiger partial charge in [-0.2, -0.15) is 0 Å². The highest BCUT2D eigenvalue weighted by Gasteiger charge is 2.19. The molecule has 2 aromatic rings. The SMILES string of the molecule is Cc1ccc(NC(=O)CN2CCN(c3ccccn3)CC2)cc1Br. The predicted molar refractivity (Wildman–Crippen MR) is 100 cm³/mol. The van der Waals surface area contributed by atoms with Crippen LogP contribution < -0.4 is 10.2 Å². The number of halogens is 1. The second-order valence-electron chi connectivity index (χ2n) is 5.96. The number of rotatable bonds is 4. The minimum absolute atomic E-state index is 0.0250. The van der Waals surface area contributed by atoms with Gasteiger partial charge in [-0.25, -0.2) is 4.98 Å². The Labute approximate surface area is 150 Å². The molecule has 0 aliphatic carbocycles. The van der Waals surface area contributed by atoms with Crippen LogP contribution in [0.2, 0.25) is 0 Å². The Kier molecular flexibility index (Phi) is 5.48. The van der Waals surface area contributed by atoms with Crippen molar-refractivity contribution in [2.75, 3.05) is 42.9 Å². The maximum Gasteiger partial charge on any atom is 0.238 e. The van der Waals surface area contributed by atoms with Crippen molar-refractivity contribution in [2.45, 2.75) is 6.92 Å². The molecule has 1 aromatic carbocycles. The largest absolute Gasteiger partial charge is 0.354 e. The van der Waals surface area contributed by atoms with Crippen LogP contribution in [0.25, 0.3) is 0 Å². The molecule has 0 atom stereocenters. The van der Waals surface area contributed by atoms with Crippen LogP contribution in [0.1, 0.15) is 5.56 Å². The number of amides is 1. The fraction of sp³-hybridized carbons (Fsp3) is 0.333. The van der Waals surface area contributed by atoms with Crippen LogP contribution in [0.5, 0.6) is 0 Å².